The van der Waals surface area contributed by atoms with Gasteiger partial charge in [-0.2, -0.15) is 0 Å². The van der Waals surface area contributed by atoms with E-state index in [4.69, 9.17) is 4.74 Å². The third-order valence-corrected chi connectivity index (χ3v) is 8.29. The Kier molecular flexibility index (Phi) is 8.56. The maximum atomic E-state index is 13.6. The highest BCUT2D eigenvalue weighted by molar-refractivity contribution is 8.01. The van der Waals surface area contributed by atoms with E-state index in [1.807, 2.05) is 0 Å². The number of amides is 2. The second kappa shape index (κ2) is 11.3. The second-order valence-corrected chi connectivity index (χ2v) is 11.4. The number of rotatable bonds is 8. The van der Waals surface area contributed by atoms with Crippen molar-refractivity contribution in [3.8, 4) is 0 Å². The summed E-state index contributed by atoms with van der Waals surface area (Å²) in [6.07, 6.45) is 0.784. The summed E-state index contributed by atoms with van der Waals surface area (Å²) in [5, 5.41) is 11.6. The van der Waals surface area contributed by atoms with Gasteiger partial charge in [-0.25, -0.2) is 22.3 Å². The molecule has 1 heterocycles. The van der Waals surface area contributed by atoms with Crippen LogP contribution in [0.2, 0.25) is 0 Å². The number of thioether (sulfide) groups is 1. The molecule has 0 spiro atoms. The molecule has 0 aromatic heterocycles. The van der Waals surface area contributed by atoms with Gasteiger partial charge in [-0.05, 0) is 31.2 Å². The number of carbonyl (C=O) groups is 5. The Morgan fingerprint density at radius 2 is 1.78 bits per heavy atom. The minimum atomic E-state index is -4.84. The highest BCUT2D eigenvalue weighted by atomic mass is 32.2. The minimum absolute atomic E-state index is 0.0394. The maximum Gasteiger partial charge on any atom is 0.414 e. The Labute approximate surface area is 217 Å². The number of Topliss-reactive ketones (excluding diaryl/α,β-unsaturated/α-hetero) is 2. The van der Waals surface area contributed by atoms with Gasteiger partial charge in [0.15, 0.2) is 5.78 Å². The van der Waals surface area contributed by atoms with Crippen LogP contribution in [-0.2, 0) is 33.9 Å². The number of ether oxygens (including phenoxy) is 1. The molecule has 1 saturated heterocycles. The zero-order valence-electron chi connectivity index (χ0n) is 20.2. The molecule has 37 heavy (non-hydrogen) atoms. The van der Waals surface area contributed by atoms with Crippen molar-refractivity contribution >= 4 is 51.3 Å². The van der Waals surface area contributed by atoms with Gasteiger partial charge in [-0.15, -0.1) is 11.8 Å². The van der Waals surface area contributed by atoms with Gasteiger partial charge in [0.1, 0.15) is 11.1 Å². The lowest BCUT2D eigenvalue weighted by Gasteiger charge is -2.30. The molecule has 12 nitrogen and oxygen atoms in total. The summed E-state index contributed by atoms with van der Waals surface area (Å²) in [6.45, 7) is 2.08. The van der Waals surface area contributed by atoms with Gasteiger partial charge in [0, 0.05) is 26.4 Å². The molecule has 198 valence electrons. The Morgan fingerprint density at radius 1 is 1.14 bits per heavy atom. The molecule has 14 heteroatoms. The number of carboxylic acids is 1. The van der Waals surface area contributed by atoms with E-state index in [-0.39, 0.29) is 10.1 Å². The van der Waals surface area contributed by atoms with E-state index in [1.54, 1.807) is 6.92 Å². The Morgan fingerprint density at radius 3 is 2.30 bits per heavy atom. The van der Waals surface area contributed by atoms with Crippen LogP contribution in [0, 0.1) is 6.92 Å². The molecule has 0 bridgehead atoms. The number of benzene rings is 1. The van der Waals surface area contributed by atoms with E-state index < -0.39 is 67.9 Å². The van der Waals surface area contributed by atoms with E-state index in [1.165, 1.54) is 38.4 Å². The lowest BCUT2D eigenvalue weighted by molar-refractivity contribution is -0.149. The van der Waals surface area contributed by atoms with Crippen LogP contribution in [0.4, 0.5) is 4.79 Å². The first-order valence-electron chi connectivity index (χ1n) is 10.9. The number of nitrogens with zero attached hydrogens (tertiary/aromatic N) is 2. The van der Waals surface area contributed by atoms with Gasteiger partial charge in [0.25, 0.3) is 15.9 Å². The lowest BCUT2D eigenvalue weighted by Crippen LogP contribution is -2.57. The predicted molar refractivity (Wildman–Crippen MR) is 132 cm³/mol. The van der Waals surface area contributed by atoms with E-state index in [0.717, 1.165) is 28.8 Å². The van der Waals surface area contributed by atoms with Crippen LogP contribution in [0.15, 0.2) is 52.6 Å². The third-order valence-electron chi connectivity index (χ3n) is 5.37. The molecule has 1 aliphatic heterocycles. The first-order chi connectivity index (χ1) is 17.3. The summed E-state index contributed by atoms with van der Waals surface area (Å²) in [4.78, 5) is 64.3. The predicted octanol–water partition coefficient (Wildman–Crippen LogP) is 0.678. The van der Waals surface area contributed by atoms with Crippen molar-refractivity contribution < 1.29 is 42.2 Å². The zero-order chi connectivity index (χ0) is 27.5. The van der Waals surface area contributed by atoms with Crippen molar-refractivity contribution in [2.75, 3.05) is 26.4 Å². The topological polar surface area (TPSA) is 167 Å². The summed E-state index contributed by atoms with van der Waals surface area (Å²) >= 11 is 1.06. The van der Waals surface area contributed by atoms with E-state index in [9.17, 15) is 37.5 Å². The Bertz CT molecular complexity index is 1290. The largest absolute Gasteiger partial charge is 0.479 e. The molecule has 1 aromatic carbocycles. The van der Waals surface area contributed by atoms with Crippen LogP contribution >= 0.6 is 11.8 Å². The monoisotopic (exact) mass is 551 g/mol. The van der Waals surface area contributed by atoms with Gasteiger partial charge in [-0.1, -0.05) is 17.7 Å². The van der Waals surface area contributed by atoms with Gasteiger partial charge in [0.2, 0.25) is 11.8 Å². The van der Waals surface area contributed by atoms with E-state index in [0.29, 0.717) is 17.9 Å². The second-order valence-electron chi connectivity index (χ2n) is 8.34. The van der Waals surface area contributed by atoms with Crippen LogP contribution < -0.4 is 5.32 Å². The van der Waals surface area contributed by atoms with Crippen molar-refractivity contribution in [3.63, 3.8) is 0 Å². The van der Waals surface area contributed by atoms with Crippen molar-refractivity contribution in [2.24, 2.45) is 0 Å². The third kappa shape index (κ3) is 6.09. The number of aryl methyl sites for hydroxylation is 1. The van der Waals surface area contributed by atoms with E-state index >= 15 is 0 Å². The van der Waals surface area contributed by atoms with Crippen LogP contribution in [0.25, 0.3) is 0 Å². The zero-order valence-corrected chi connectivity index (χ0v) is 21.8. The van der Waals surface area contributed by atoms with Gasteiger partial charge in [-0.3, -0.25) is 19.7 Å². The summed E-state index contributed by atoms with van der Waals surface area (Å²) < 4.78 is 32.2. The summed E-state index contributed by atoms with van der Waals surface area (Å²) in [7, 11) is -1.99. The average Bonchev–Trinajstić information content (AvgIpc) is 3.36. The fourth-order valence-corrected chi connectivity index (χ4v) is 5.99. The molecule has 2 N–H and O–H groups in total. The fraction of sp³-hybridized carbons (Fsp3) is 0.348. The molecule has 2 atom stereocenters. The fourth-order valence-electron chi connectivity index (χ4n) is 3.45. The Hall–Kier alpha value is -3.49. The van der Waals surface area contributed by atoms with Crippen LogP contribution in [-0.4, -0.2) is 90.1 Å². The first-order valence-corrected chi connectivity index (χ1v) is 13.4. The molecule has 2 aliphatic rings. The number of sulfonamides is 1. The first kappa shape index (κ1) is 28.1. The molecule has 0 unspecified atom stereocenters. The number of ketones is 2. The number of aliphatic carboxylic acids is 1. The van der Waals surface area contributed by atoms with Crippen molar-refractivity contribution in [2.45, 2.75) is 29.7 Å². The number of hydrogen-bond donors (Lipinski definition) is 2. The molecule has 3 rings (SSSR count). The number of carbonyl (C=O) groups excluding carboxylic acids is 4. The van der Waals surface area contributed by atoms with Gasteiger partial charge in [0.05, 0.1) is 16.9 Å². The smallest absolute Gasteiger partial charge is 0.414 e. The number of allylic oxidation sites excluding steroid dienone is 3. The molecule has 2 amide bonds. The summed E-state index contributed by atoms with van der Waals surface area (Å²) in [5.74, 6) is -4.99. The normalized spacial score (nSPS) is 18.4. The molecule has 1 fully saturated rings. The molecular formula is C23H25N3O9S2. The Balaban J connectivity index is 2.06. The number of hydrogen-bond acceptors (Lipinski definition) is 10. The van der Waals surface area contributed by atoms with Gasteiger partial charge >= 0.3 is 12.1 Å². The van der Waals surface area contributed by atoms with Gasteiger partial charge < -0.3 is 14.7 Å². The SMILES string of the molecule is Cc1ccc(S(=O)(=O)N(C(=O)[C@H]2NCCS2)[C@H](C(=O)O)C(=O)C2=CC=C(OC(=O)N(C)C)CC2=O)cc1. The minimum Gasteiger partial charge on any atom is -0.479 e. The maximum absolute atomic E-state index is 13.6. The highest BCUT2D eigenvalue weighted by Gasteiger charge is 2.48. The standard InChI is InChI=1S/C23H25N3O9S2/c1-13-4-7-15(8-5-13)37(33,34)26(21(29)20-24-10-11-36-20)18(22(30)31)19(28)16-9-6-14(12-17(16)27)35-23(32)25(2)3/h4-9,18,20,24H,10-12H2,1-3H3,(H,30,31)/t18-,20-/m0/s1. The lowest BCUT2D eigenvalue weighted by atomic mass is 9.94. The molecule has 1 aromatic rings. The number of carboxylic acid groups (broad SMARTS) is 1. The molecule has 0 saturated carbocycles. The quantitative estimate of drug-likeness (QED) is 0.344. The molecule has 1 aliphatic carbocycles. The summed E-state index contributed by atoms with van der Waals surface area (Å²) in [5.41, 5.74) is 0.0761. The van der Waals surface area contributed by atoms with Crippen molar-refractivity contribution in [1.82, 2.24) is 14.5 Å². The molecular weight excluding hydrogens is 526 g/mol. The van der Waals surface area contributed by atoms with E-state index in [2.05, 4.69) is 5.32 Å². The van der Waals surface area contributed by atoms with Crippen LogP contribution in [0.5, 0.6) is 0 Å². The molecule has 0 radical (unpaired) electrons. The average molecular weight is 552 g/mol. The summed E-state index contributed by atoms with van der Waals surface area (Å²) in [6, 6.07) is 2.77. The van der Waals surface area contributed by atoms with Crippen LogP contribution in [0.3, 0.4) is 0 Å². The van der Waals surface area contributed by atoms with Crippen molar-refractivity contribution in [3.05, 3.63) is 53.3 Å². The highest BCUT2D eigenvalue weighted by Crippen LogP contribution is 2.27. The van der Waals surface area contributed by atoms with Crippen LogP contribution in [0.1, 0.15) is 12.0 Å². The number of nitrogens with one attached hydrogen (secondary N) is 1. The van der Waals surface area contributed by atoms with Crippen molar-refractivity contribution in [1.29, 1.82) is 0 Å².